The number of aliphatic hydroxyl groups excluding tert-OH is 1. The molecule has 4 heteroatoms. The summed E-state index contributed by atoms with van der Waals surface area (Å²) in [5, 5.41) is 18.7. The van der Waals surface area contributed by atoms with Crippen molar-refractivity contribution in [2.45, 2.75) is 76.6 Å². The Morgan fingerprint density at radius 1 is 1.20 bits per heavy atom. The van der Waals surface area contributed by atoms with Gasteiger partial charge in [0.25, 0.3) is 0 Å². The maximum Gasteiger partial charge on any atom is 0.303 e. The van der Waals surface area contributed by atoms with E-state index in [4.69, 9.17) is 9.84 Å². The van der Waals surface area contributed by atoms with Gasteiger partial charge in [0.15, 0.2) is 0 Å². The van der Waals surface area contributed by atoms with Crippen molar-refractivity contribution in [2.24, 2.45) is 11.8 Å². The van der Waals surface area contributed by atoms with Gasteiger partial charge in [-0.05, 0) is 25.7 Å². The minimum absolute atomic E-state index is 0.134. The third kappa shape index (κ3) is 6.44. The first-order valence-electron chi connectivity index (χ1n) is 9.68. The SMILES string of the molecule is CCCCCC(O)C=C[C@H]1[C@@H](CC=CCCCC(=O)O)[C@@H]2C=C[C@H]1O2. The van der Waals surface area contributed by atoms with Crippen LogP contribution in [0.5, 0.6) is 0 Å². The third-order valence-corrected chi connectivity index (χ3v) is 5.10. The first kappa shape index (κ1) is 19.9. The number of aliphatic carboxylic acids is 1. The van der Waals surface area contributed by atoms with E-state index in [9.17, 15) is 9.90 Å². The van der Waals surface area contributed by atoms with Gasteiger partial charge in [-0.15, -0.1) is 0 Å². The van der Waals surface area contributed by atoms with Crippen molar-refractivity contribution in [2.75, 3.05) is 0 Å². The lowest BCUT2D eigenvalue weighted by molar-refractivity contribution is -0.137. The van der Waals surface area contributed by atoms with E-state index < -0.39 is 5.97 Å². The van der Waals surface area contributed by atoms with Crippen LogP contribution in [-0.2, 0) is 9.53 Å². The number of hydrogen-bond acceptors (Lipinski definition) is 3. The summed E-state index contributed by atoms with van der Waals surface area (Å²) in [5.74, 6) is -0.00736. The van der Waals surface area contributed by atoms with Gasteiger partial charge in [-0.1, -0.05) is 62.6 Å². The van der Waals surface area contributed by atoms with Crippen LogP contribution in [-0.4, -0.2) is 34.5 Å². The quantitative estimate of drug-likeness (QED) is 0.409. The van der Waals surface area contributed by atoms with Gasteiger partial charge in [-0.3, -0.25) is 4.79 Å². The van der Waals surface area contributed by atoms with Crippen LogP contribution in [0, 0.1) is 11.8 Å². The van der Waals surface area contributed by atoms with Crippen LogP contribution in [0.4, 0.5) is 0 Å². The first-order valence-corrected chi connectivity index (χ1v) is 9.68. The Morgan fingerprint density at radius 2 is 2.00 bits per heavy atom. The van der Waals surface area contributed by atoms with Crippen LogP contribution < -0.4 is 0 Å². The molecule has 0 spiro atoms. The molecule has 2 rings (SSSR count). The molecule has 2 aliphatic rings. The van der Waals surface area contributed by atoms with Crippen LogP contribution in [0.3, 0.4) is 0 Å². The van der Waals surface area contributed by atoms with Crippen molar-refractivity contribution in [1.82, 2.24) is 0 Å². The smallest absolute Gasteiger partial charge is 0.303 e. The highest BCUT2D eigenvalue weighted by Gasteiger charge is 2.43. The average molecular weight is 348 g/mol. The molecule has 0 amide bonds. The summed E-state index contributed by atoms with van der Waals surface area (Å²) in [4.78, 5) is 10.5. The number of rotatable bonds is 12. The van der Waals surface area contributed by atoms with E-state index in [0.717, 1.165) is 25.7 Å². The van der Waals surface area contributed by atoms with Gasteiger partial charge in [0, 0.05) is 18.3 Å². The summed E-state index contributed by atoms with van der Waals surface area (Å²) in [6.07, 6.45) is 19.4. The van der Waals surface area contributed by atoms with Crippen molar-refractivity contribution in [1.29, 1.82) is 0 Å². The molecule has 4 nitrogen and oxygen atoms in total. The third-order valence-electron chi connectivity index (χ3n) is 5.10. The van der Waals surface area contributed by atoms with Crippen molar-refractivity contribution in [3.05, 3.63) is 36.5 Å². The van der Waals surface area contributed by atoms with Gasteiger partial charge in [0.05, 0.1) is 18.3 Å². The largest absolute Gasteiger partial charge is 0.481 e. The van der Waals surface area contributed by atoms with E-state index in [1.165, 1.54) is 12.8 Å². The number of carbonyl (C=O) groups is 1. The van der Waals surface area contributed by atoms with Crippen LogP contribution in [0.15, 0.2) is 36.5 Å². The van der Waals surface area contributed by atoms with Crippen molar-refractivity contribution in [3.8, 4) is 0 Å². The van der Waals surface area contributed by atoms with E-state index in [0.29, 0.717) is 18.3 Å². The lowest BCUT2D eigenvalue weighted by Crippen LogP contribution is -2.22. The Kier molecular flexibility index (Phi) is 8.42. The van der Waals surface area contributed by atoms with Crippen molar-refractivity contribution in [3.63, 3.8) is 0 Å². The van der Waals surface area contributed by atoms with Gasteiger partial charge in [-0.2, -0.15) is 0 Å². The van der Waals surface area contributed by atoms with E-state index in [1.54, 1.807) is 0 Å². The molecule has 5 atom stereocenters. The molecule has 1 saturated heterocycles. The topological polar surface area (TPSA) is 66.8 Å². The summed E-state index contributed by atoms with van der Waals surface area (Å²) in [5.41, 5.74) is 0. The molecule has 1 fully saturated rings. The van der Waals surface area contributed by atoms with E-state index in [2.05, 4.69) is 37.3 Å². The molecule has 0 aromatic carbocycles. The molecule has 0 saturated carbocycles. The molecular weight excluding hydrogens is 316 g/mol. The van der Waals surface area contributed by atoms with Gasteiger partial charge < -0.3 is 14.9 Å². The molecule has 2 N–H and O–H groups in total. The normalized spacial score (nSPS) is 29.2. The standard InChI is InChI=1S/C21H32O4/c1-2-3-6-9-16(22)12-13-18-17(19-14-15-20(18)25-19)10-7-4-5-8-11-21(23)24/h4,7,12-20,22H,2-3,5-6,8-11H2,1H3,(H,23,24)/t16?,17-,18+,19+,20-/m1/s1. The van der Waals surface area contributed by atoms with E-state index >= 15 is 0 Å². The van der Waals surface area contributed by atoms with Crippen molar-refractivity contribution >= 4 is 5.97 Å². The molecule has 2 bridgehead atoms. The zero-order valence-corrected chi connectivity index (χ0v) is 15.2. The van der Waals surface area contributed by atoms with Gasteiger partial charge >= 0.3 is 5.97 Å². The minimum atomic E-state index is -0.734. The number of aliphatic hydroxyl groups is 1. The number of ether oxygens (including phenoxy) is 1. The number of hydrogen-bond donors (Lipinski definition) is 2. The number of unbranched alkanes of at least 4 members (excludes halogenated alkanes) is 3. The second-order valence-corrected chi connectivity index (χ2v) is 7.13. The molecule has 25 heavy (non-hydrogen) atoms. The Hall–Kier alpha value is -1.39. The fourth-order valence-electron chi connectivity index (χ4n) is 3.66. The summed E-state index contributed by atoms with van der Waals surface area (Å²) < 4.78 is 5.98. The van der Waals surface area contributed by atoms with Gasteiger partial charge in [0.1, 0.15) is 0 Å². The molecule has 0 aromatic heterocycles. The Morgan fingerprint density at radius 3 is 2.76 bits per heavy atom. The van der Waals surface area contributed by atoms with E-state index in [-0.39, 0.29) is 24.7 Å². The fourth-order valence-corrected chi connectivity index (χ4v) is 3.66. The predicted octanol–water partition coefficient (Wildman–Crippen LogP) is 4.25. The predicted molar refractivity (Wildman–Crippen MR) is 99.3 cm³/mol. The second kappa shape index (κ2) is 10.6. The maximum absolute atomic E-state index is 10.5. The molecule has 2 aliphatic heterocycles. The van der Waals surface area contributed by atoms with Gasteiger partial charge in [0.2, 0.25) is 0 Å². The first-order chi connectivity index (χ1) is 12.1. The molecule has 0 radical (unpaired) electrons. The minimum Gasteiger partial charge on any atom is -0.481 e. The zero-order chi connectivity index (χ0) is 18.1. The highest BCUT2D eigenvalue weighted by atomic mass is 16.5. The maximum atomic E-state index is 10.5. The number of fused-ring (bicyclic) bond motifs is 2. The molecule has 0 aliphatic carbocycles. The van der Waals surface area contributed by atoms with Crippen LogP contribution in [0.2, 0.25) is 0 Å². The highest BCUT2D eigenvalue weighted by Crippen LogP contribution is 2.42. The van der Waals surface area contributed by atoms with Crippen LogP contribution >= 0.6 is 0 Å². The average Bonchev–Trinajstić information content (AvgIpc) is 3.17. The Labute approximate surface area is 151 Å². The highest BCUT2D eigenvalue weighted by molar-refractivity contribution is 5.66. The molecule has 140 valence electrons. The monoisotopic (exact) mass is 348 g/mol. The number of allylic oxidation sites excluding steroid dienone is 2. The second-order valence-electron chi connectivity index (χ2n) is 7.13. The van der Waals surface area contributed by atoms with Crippen molar-refractivity contribution < 1.29 is 19.7 Å². The lowest BCUT2D eigenvalue weighted by atomic mass is 9.80. The molecule has 0 aromatic rings. The number of carboxylic acid groups (broad SMARTS) is 1. The lowest BCUT2D eigenvalue weighted by Gasteiger charge is -2.21. The zero-order valence-electron chi connectivity index (χ0n) is 15.2. The van der Waals surface area contributed by atoms with Crippen LogP contribution in [0.25, 0.3) is 0 Å². The molecule has 1 unspecified atom stereocenters. The fraction of sp³-hybridized carbons (Fsp3) is 0.667. The van der Waals surface area contributed by atoms with Crippen LogP contribution in [0.1, 0.15) is 58.3 Å². The number of carboxylic acids is 1. The Bertz CT molecular complexity index is 494. The summed E-state index contributed by atoms with van der Waals surface area (Å²) in [7, 11) is 0. The molecule has 2 heterocycles. The van der Waals surface area contributed by atoms with Gasteiger partial charge in [-0.25, -0.2) is 0 Å². The molecular formula is C21H32O4. The van der Waals surface area contributed by atoms with E-state index in [1.807, 2.05) is 6.08 Å². The summed E-state index contributed by atoms with van der Waals surface area (Å²) >= 11 is 0. The summed E-state index contributed by atoms with van der Waals surface area (Å²) in [6.45, 7) is 2.17. The Balaban J connectivity index is 1.79. The summed E-state index contributed by atoms with van der Waals surface area (Å²) in [6, 6.07) is 0.